The summed E-state index contributed by atoms with van der Waals surface area (Å²) in [6.45, 7) is -2.41. The Kier molecular flexibility index (Phi) is 1.02. The van der Waals surface area contributed by atoms with E-state index in [0.29, 0.717) is 6.42 Å². The minimum atomic E-state index is -2.41. The molecule has 0 aliphatic heterocycles. The summed E-state index contributed by atoms with van der Waals surface area (Å²) in [5.41, 5.74) is -1.55. The SMILES string of the molecule is [2H]C([2H])([2H])C1(C(=O)O)CC=CCC1. The van der Waals surface area contributed by atoms with Crippen LogP contribution >= 0.6 is 0 Å². The summed E-state index contributed by atoms with van der Waals surface area (Å²) >= 11 is 0. The molecule has 0 bridgehead atoms. The molecule has 0 radical (unpaired) electrons. The van der Waals surface area contributed by atoms with Gasteiger partial charge in [0, 0.05) is 4.11 Å². The van der Waals surface area contributed by atoms with Crippen molar-refractivity contribution >= 4 is 5.97 Å². The largest absolute Gasteiger partial charge is 0.481 e. The second-order valence-electron chi connectivity index (χ2n) is 2.60. The van der Waals surface area contributed by atoms with Crippen LogP contribution in [-0.4, -0.2) is 11.1 Å². The van der Waals surface area contributed by atoms with Gasteiger partial charge < -0.3 is 5.11 Å². The van der Waals surface area contributed by atoms with Gasteiger partial charge in [-0.25, -0.2) is 0 Å². The van der Waals surface area contributed by atoms with E-state index in [2.05, 4.69) is 0 Å². The van der Waals surface area contributed by atoms with Crippen molar-refractivity contribution in [2.45, 2.75) is 26.1 Å². The molecule has 1 aliphatic rings. The molecule has 2 heteroatoms. The van der Waals surface area contributed by atoms with Crippen molar-refractivity contribution in [2.75, 3.05) is 0 Å². The molecule has 1 N–H and O–H groups in total. The van der Waals surface area contributed by atoms with Crippen molar-refractivity contribution < 1.29 is 14.0 Å². The molecule has 0 aromatic carbocycles. The van der Waals surface area contributed by atoms with Crippen LogP contribution in [0.3, 0.4) is 0 Å². The first-order valence-electron chi connectivity index (χ1n) is 4.78. The van der Waals surface area contributed by atoms with Crippen molar-refractivity contribution in [1.82, 2.24) is 0 Å². The van der Waals surface area contributed by atoms with Crippen LogP contribution in [0, 0.1) is 5.41 Å². The van der Waals surface area contributed by atoms with E-state index in [-0.39, 0.29) is 12.8 Å². The molecular formula is C8H12O2. The van der Waals surface area contributed by atoms with Gasteiger partial charge in [0.25, 0.3) is 0 Å². The van der Waals surface area contributed by atoms with Gasteiger partial charge in [0.15, 0.2) is 0 Å². The Morgan fingerprint density at radius 3 is 2.90 bits per heavy atom. The van der Waals surface area contributed by atoms with E-state index in [1.165, 1.54) is 0 Å². The van der Waals surface area contributed by atoms with Gasteiger partial charge in [0.05, 0.1) is 5.41 Å². The van der Waals surface area contributed by atoms with Gasteiger partial charge in [-0.2, -0.15) is 0 Å². The first-order chi connectivity index (χ1) is 5.90. The molecule has 1 atom stereocenters. The molecule has 2 nitrogen and oxygen atoms in total. The van der Waals surface area contributed by atoms with E-state index in [9.17, 15) is 4.79 Å². The Morgan fingerprint density at radius 2 is 2.60 bits per heavy atom. The molecule has 0 fully saturated rings. The number of rotatable bonds is 1. The third-order valence-corrected chi connectivity index (χ3v) is 1.78. The normalized spacial score (nSPS) is 37.8. The molecule has 0 aromatic heterocycles. The van der Waals surface area contributed by atoms with Crippen LogP contribution in [0.2, 0.25) is 0 Å². The van der Waals surface area contributed by atoms with E-state index in [1.54, 1.807) is 6.08 Å². The molecule has 0 amide bonds. The molecule has 1 unspecified atom stereocenters. The average Bonchev–Trinajstić information content (AvgIpc) is 2.03. The minimum absolute atomic E-state index is 0.110. The predicted octanol–water partition coefficient (Wildman–Crippen LogP) is 1.82. The second-order valence-corrected chi connectivity index (χ2v) is 2.60. The number of hydrogen-bond acceptors (Lipinski definition) is 1. The standard InChI is InChI=1S/C8H12O2/c1-8(7(9)10)5-3-2-4-6-8/h2-3H,4-6H2,1H3,(H,9,10)/i1D3. The van der Waals surface area contributed by atoms with E-state index >= 15 is 0 Å². The van der Waals surface area contributed by atoms with Crippen LogP contribution in [-0.2, 0) is 4.79 Å². The highest BCUT2D eigenvalue weighted by Gasteiger charge is 2.32. The lowest BCUT2D eigenvalue weighted by atomic mass is 9.79. The average molecular weight is 143 g/mol. The maximum absolute atomic E-state index is 10.9. The van der Waals surface area contributed by atoms with E-state index < -0.39 is 18.2 Å². The summed E-state index contributed by atoms with van der Waals surface area (Å²) in [7, 11) is 0. The van der Waals surface area contributed by atoms with Crippen LogP contribution in [0.15, 0.2) is 12.2 Å². The second kappa shape index (κ2) is 2.45. The molecule has 1 rings (SSSR count). The lowest BCUT2D eigenvalue weighted by molar-refractivity contribution is -0.148. The molecule has 0 spiro atoms. The van der Waals surface area contributed by atoms with Crippen molar-refractivity contribution in [3.05, 3.63) is 12.2 Å². The topological polar surface area (TPSA) is 37.3 Å². The number of carboxylic acids is 1. The fourth-order valence-corrected chi connectivity index (χ4v) is 1.03. The maximum atomic E-state index is 10.9. The highest BCUT2D eigenvalue weighted by Crippen LogP contribution is 2.31. The molecule has 1 aliphatic carbocycles. The Morgan fingerprint density at radius 1 is 1.80 bits per heavy atom. The van der Waals surface area contributed by atoms with Crippen molar-refractivity contribution in [1.29, 1.82) is 0 Å². The summed E-state index contributed by atoms with van der Waals surface area (Å²) < 4.78 is 21.7. The Bertz CT molecular complexity index is 244. The van der Waals surface area contributed by atoms with E-state index in [4.69, 9.17) is 9.22 Å². The molecule has 0 aromatic rings. The van der Waals surface area contributed by atoms with Crippen LogP contribution in [0.1, 0.15) is 30.2 Å². The molecular weight excluding hydrogens is 128 g/mol. The zero-order valence-electron chi connectivity index (χ0n) is 8.63. The third kappa shape index (κ3) is 1.20. The number of carbonyl (C=O) groups is 1. The zero-order chi connectivity index (χ0) is 10.1. The number of allylic oxidation sites excluding steroid dienone is 2. The monoisotopic (exact) mass is 143 g/mol. The minimum Gasteiger partial charge on any atom is -0.481 e. The van der Waals surface area contributed by atoms with Crippen LogP contribution in [0.25, 0.3) is 0 Å². The number of hydrogen-bond donors (Lipinski definition) is 1. The van der Waals surface area contributed by atoms with Gasteiger partial charge in [0.2, 0.25) is 0 Å². The van der Waals surface area contributed by atoms with E-state index in [1.807, 2.05) is 6.08 Å². The highest BCUT2D eigenvalue weighted by molar-refractivity contribution is 5.74. The summed E-state index contributed by atoms with van der Waals surface area (Å²) in [4.78, 5) is 10.9. The van der Waals surface area contributed by atoms with Crippen LogP contribution < -0.4 is 0 Å². The Balaban J connectivity index is 3.01. The Labute approximate surface area is 64.8 Å². The van der Waals surface area contributed by atoms with Gasteiger partial charge in [-0.3, -0.25) is 4.79 Å². The maximum Gasteiger partial charge on any atom is 0.309 e. The smallest absolute Gasteiger partial charge is 0.309 e. The lowest BCUT2D eigenvalue weighted by Gasteiger charge is -2.25. The first-order valence-corrected chi connectivity index (χ1v) is 3.28. The predicted molar refractivity (Wildman–Crippen MR) is 38.7 cm³/mol. The lowest BCUT2D eigenvalue weighted by Crippen LogP contribution is -2.27. The number of aliphatic carboxylic acids is 1. The molecule has 0 saturated carbocycles. The molecule has 56 valence electrons. The quantitative estimate of drug-likeness (QED) is 0.568. The Hall–Kier alpha value is -0.790. The van der Waals surface area contributed by atoms with Gasteiger partial charge in [0.1, 0.15) is 0 Å². The van der Waals surface area contributed by atoms with Crippen molar-refractivity contribution in [3.8, 4) is 0 Å². The van der Waals surface area contributed by atoms with Gasteiger partial charge in [-0.1, -0.05) is 12.2 Å². The van der Waals surface area contributed by atoms with Crippen molar-refractivity contribution in [2.24, 2.45) is 5.41 Å². The van der Waals surface area contributed by atoms with Gasteiger partial charge in [-0.05, 0) is 26.1 Å². The summed E-state index contributed by atoms with van der Waals surface area (Å²) in [5.74, 6) is -1.21. The summed E-state index contributed by atoms with van der Waals surface area (Å²) in [5, 5.41) is 8.93. The fraction of sp³-hybridized carbons (Fsp3) is 0.625. The summed E-state index contributed by atoms with van der Waals surface area (Å²) in [6, 6.07) is 0. The molecule has 10 heavy (non-hydrogen) atoms. The van der Waals surface area contributed by atoms with Crippen molar-refractivity contribution in [3.63, 3.8) is 0 Å². The third-order valence-electron chi connectivity index (χ3n) is 1.78. The summed E-state index contributed by atoms with van der Waals surface area (Å²) in [6.07, 6.45) is 4.32. The van der Waals surface area contributed by atoms with Gasteiger partial charge in [-0.15, -0.1) is 0 Å². The zero-order valence-corrected chi connectivity index (χ0v) is 5.63. The molecule has 0 heterocycles. The van der Waals surface area contributed by atoms with Crippen LogP contribution in [0.4, 0.5) is 0 Å². The van der Waals surface area contributed by atoms with Crippen LogP contribution in [0.5, 0.6) is 0 Å². The highest BCUT2D eigenvalue weighted by atomic mass is 16.4. The van der Waals surface area contributed by atoms with Gasteiger partial charge >= 0.3 is 5.97 Å². The number of carboxylic acid groups (broad SMARTS) is 1. The molecule has 0 saturated heterocycles. The van der Waals surface area contributed by atoms with E-state index in [0.717, 1.165) is 0 Å². The first kappa shape index (κ1) is 4.16. The fourth-order valence-electron chi connectivity index (χ4n) is 1.03.